The predicted octanol–water partition coefficient (Wildman–Crippen LogP) is 4.36. The van der Waals surface area contributed by atoms with Crippen molar-refractivity contribution in [3.05, 3.63) is 74.8 Å². The molecule has 1 fully saturated rings. The second-order valence-corrected chi connectivity index (χ2v) is 8.48. The van der Waals surface area contributed by atoms with Crippen LogP contribution < -0.4 is 15.6 Å². The number of carbonyl (C=O) groups is 1. The summed E-state index contributed by atoms with van der Waals surface area (Å²) in [5, 5.41) is 3.10. The molecule has 1 aromatic heterocycles. The number of fused-ring (bicyclic) bond motifs is 1. The van der Waals surface area contributed by atoms with Crippen molar-refractivity contribution in [2.24, 2.45) is 0 Å². The Balaban J connectivity index is 1.78. The first kappa shape index (κ1) is 23.3. The van der Waals surface area contributed by atoms with E-state index in [0.717, 1.165) is 18.4 Å². The number of nitrogens with zero attached hydrogens (tertiary/aromatic N) is 2. The number of hydrogen-bond acceptors (Lipinski definition) is 4. The zero-order valence-electron chi connectivity index (χ0n) is 18.6. The minimum absolute atomic E-state index is 0.0240. The van der Waals surface area contributed by atoms with E-state index in [1.165, 1.54) is 6.07 Å². The van der Waals surface area contributed by atoms with Crippen LogP contribution in [0.25, 0.3) is 10.9 Å². The van der Waals surface area contributed by atoms with Crippen molar-refractivity contribution in [3.63, 3.8) is 0 Å². The van der Waals surface area contributed by atoms with Gasteiger partial charge in [0.15, 0.2) is 0 Å². The zero-order valence-corrected chi connectivity index (χ0v) is 19.3. The number of amides is 1. The minimum Gasteiger partial charge on any atom is -0.378 e. The van der Waals surface area contributed by atoms with E-state index in [9.17, 15) is 9.59 Å². The maximum Gasteiger partial charge on any atom is 0.257 e. The third kappa shape index (κ3) is 4.89. The molecule has 2 aromatic carbocycles. The lowest BCUT2D eigenvalue weighted by Crippen LogP contribution is -2.37. The monoisotopic (exact) mass is 471 g/mol. The average molecular weight is 472 g/mol. The number of benzene rings is 2. The molecule has 0 radical (unpaired) electrons. The van der Waals surface area contributed by atoms with Gasteiger partial charge in [-0.15, -0.1) is 0 Å². The largest absolute Gasteiger partial charge is 0.378 e. The number of aryl methyl sites for hydroxylation is 1. The second kappa shape index (κ2) is 10.4. The van der Waals surface area contributed by atoms with Gasteiger partial charge in [-0.2, -0.15) is 0 Å². The van der Waals surface area contributed by atoms with Gasteiger partial charge in [0.1, 0.15) is 11.4 Å². The molecule has 6 nitrogen and oxygen atoms in total. The minimum atomic E-state index is -0.574. The summed E-state index contributed by atoms with van der Waals surface area (Å²) in [6.07, 6.45) is 3.29. The van der Waals surface area contributed by atoms with E-state index >= 15 is 4.39 Å². The lowest BCUT2D eigenvalue weighted by atomic mass is 10.1. The van der Waals surface area contributed by atoms with Gasteiger partial charge in [-0.3, -0.25) is 9.59 Å². The number of aromatic nitrogens is 1. The van der Waals surface area contributed by atoms with Crippen molar-refractivity contribution in [1.82, 2.24) is 9.88 Å². The molecule has 1 saturated heterocycles. The molecule has 0 atom stereocenters. The van der Waals surface area contributed by atoms with Crippen LogP contribution in [-0.4, -0.2) is 36.8 Å². The Hall–Kier alpha value is -2.90. The molecule has 1 aliphatic heterocycles. The van der Waals surface area contributed by atoms with Gasteiger partial charge in [-0.1, -0.05) is 55.3 Å². The van der Waals surface area contributed by atoms with Crippen molar-refractivity contribution in [2.45, 2.75) is 32.9 Å². The maximum absolute atomic E-state index is 15.2. The lowest BCUT2D eigenvalue weighted by molar-refractivity contribution is 0.0949. The summed E-state index contributed by atoms with van der Waals surface area (Å²) < 4.78 is 22.4. The number of unbranched alkanes of at least 4 members (excludes halogenated alkanes) is 1. The number of ether oxygens (including phenoxy) is 1. The molecular formula is C25H27ClFN3O3. The Morgan fingerprint density at radius 3 is 2.64 bits per heavy atom. The van der Waals surface area contributed by atoms with Gasteiger partial charge in [0.2, 0.25) is 5.43 Å². The van der Waals surface area contributed by atoms with Crippen molar-refractivity contribution >= 4 is 34.1 Å². The van der Waals surface area contributed by atoms with Gasteiger partial charge >= 0.3 is 0 Å². The summed E-state index contributed by atoms with van der Waals surface area (Å²) in [6.45, 7) is 4.90. The van der Waals surface area contributed by atoms with E-state index in [-0.39, 0.29) is 28.2 Å². The van der Waals surface area contributed by atoms with Crippen LogP contribution >= 0.6 is 11.6 Å². The highest BCUT2D eigenvalue weighted by atomic mass is 35.5. The number of hydrogen-bond donors (Lipinski definition) is 1. The number of morpholine rings is 1. The number of carbonyl (C=O) groups excluding carboxylic acids is 1. The molecule has 0 aliphatic carbocycles. The molecule has 1 amide bonds. The molecule has 33 heavy (non-hydrogen) atoms. The molecule has 0 bridgehead atoms. The fourth-order valence-corrected chi connectivity index (χ4v) is 4.51. The Bertz CT molecular complexity index is 1210. The summed E-state index contributed by atoms with van der Waals surface area (Å²) in [5.74, 6) is -1.07. The van der Waals surface area contributed by atoms with Crippen molar-refractivity contribution in [1.29, 1.82) is 0 Å². The van der Waals surface area contributed by atoms with Crippen LogP contribution in [0.3, 0.4) is 0 Å². The number of pyridine rings is 1. The molecule has 0 unspecified atom stereocenters. The standard InChI is InChI=1S/C25H27ClFN3O3/c1-2-3-9-30-16-19(25(32)28-15-17-7-5-4-6-8-17)24(31)18-14-20(27)23(21(26)22(18)30)29-10-12-33-13-11-29/h4-8,14,16H,2-3,9-13,15H2,1H3,(H,28,32). The molecule has 0 spiro atoms. The fourth-order valence-electron chi connectivity index (χ4n) is 4.09. The summed E-state index contributed by atoms with van der Waals surface area (Å²) in [5.41, 5.74) is 1.10. The molecule has 8 heteroatoms. The van der Waals surface area contributed by atoms with Gasteiger partial charge < -0.3 is 19.5 Å². The van der Waals surface area contributed by atoms with Gasteiger partial charge in [0, 0.05) is 32.4 Å². The second-order valence-electron chi connectivity index (χ2n) is 8.10. The Morgan fingerprint density at radius 2 is 1.94 bits per heavy atom. The van der Waals surface area contributed by atoms with Crippen LogP contribution in [0.1, 0.15) is 35.7 Å². The van der Waals surface area contributed by atoms with Crippen LogP contribution in [0.2, 0.25) is 5.02 Å². The van der Waals surface area contributed by atoms with E-state index in [2.05, 4.69) is 12.2 Å². The van der Waals surface area contributed by atoms with Crippen molar-refractivity contribution in [3.8, 4) is 0 Å². The predicted molar refractivity (Wildman–Crippen MR) is 129 cm³/mol. The molecule has 0 saturated carbocycles. The number of nitrogens with one attached hydrogen (secondary N) is 1. The molecular weight excluding hydrogens is 445 g/mol. The lowest BCUT2D eigenvalue weighted by Gasteiger charge is -2.30. The normalized spacial score (nSPS) is 14.0. The molecule has 1 aliphatic rings. The van der Waals surface area contributed by atoms with Crippen molar-refractivity contribution in [2.75, 3.05) is 31.2 Å². The van der Waals surface area contributed by atoms with E-state index in [4.69, 9.17) is 16.3 Å². The highest BCUT2D eigenvalue weighted by Crippen LogP contribution is 2.36. The Kier molecular flexibility index (Phi) is 7.30. The summed E-state index contributed by atoms with van der Waals surface area (Å²) in [7, 11) is 0. The average Bonchev–Trinajstić information content (AvgIpc) is 2.83. The number of halogens is 2. The van der Waals surface area contributed by atoms with Gasteiger partial charge in [0.05, 0.1) is 34.8 Å². The van der Waals surface area contributed by atoms with Crippen molar-refractivity contribution < 1.29 is 13.9 Å². The van der Waals surface area contributed by atoms with Crippen LogP contribution in [0.15, 0.2) is 47.4 Å². The molecule has 1 N–H and O–H groups in total. The smallest absolute Gasteiger partial charge is 0.257 e. The van der Waals surface area contributed by atoms with Crippen LogP contribution in [0.5, 0.6) is 0 Å². The summed E-state index contributed by atoms with van der Waals surface area (Å²) >= 11 is 6.73. The van der Waals surface area contributed by atoms with Crippen LogP contribution in [0, 0.1) is 5.82 Å². The topological polar surface area (TPSA) is 63.6 Å². The summed E-state index contributed by atoms with van der Waals surface area (Å²) in [6, 6.07) is 10.7. The first-order valence-corrected chi connectivity index (χ1v) is 11.6. The summed E-state index contributed by atoms with van der Waals surface area (Å²) in [4.78, 5) is 28.0. The van der Waals surface area contributed by atoms with E-state index in [0.29, 0.717) is 38.4 Å². The first-order valence-electron chi connectivity index (χ1n) is 11.2. The molecule has 2 heterocycles. The SMILES string of the molecule is CCCCn1cc(C(=O)NCc2ccccc2)c(=O)c2cc(F)c(N3CCOCC3)c(Cl)c21. The molecule has 4 rings (SSSR count). The van der Waals surface area contributed by atoms with Gasteiger partial charge in [0.25, 0.3) is 5.91 Å². The Morgan fingerprint density at radius 1 is 1.21 bits per heavy atom. The van der Waals surface area contributed by atoms with Crippen LogP contribution in [-0.2, 0) is 17.8 Å². The first-order chi connectivity index (χ1) is 16.0. The highest BCUT2D eigenvalue weighted by molar-refractivity contribution is 6.38. The molecule has 3 aromatic rings. The van der Waals surface area contributed by atoms with Gasteiger partial charge in [-0.05, 0) is 18.1 Å². The zero-order chi connectivity index (χ0) is 23.4. The molecule has 174 valence electrons. The quantitative estimate of drug-likeness (QED) is 0.556. The van der Waals surface area contributed by atoms with Gasteiger partial charge in [-0.25, -0.2) is 4.39 Å². The van der Waals surface area contributed by atoms with E-state index in [1.54, 1.807) is 6.20 Å². The third-order valence-electron chi connectivity index (χ3n) is 5.85. The van der Waals surface area contributed by atoms with Crippen LogP contribution in [0.4, 0.5) is 10.1 Å². The third-order valence-corrected chi connectivity index (χ3v) is 6.21. The number of rotatable bonds is 7. The highest BCUT2D eigenvalue weighted by Gasteiger charge is 2.25. The number of anilines is 1. The van der Waals surface area contributed by atoms with E-state index < -0.39 is 17.2 Å². The van der Waals surface area contributed by atoms with E-state index in [1.807, 2.05) is 39.8 Å². The Labute approximate surface area is 196 Å². The maximum atomic E-state index is 15.2. The fraction of sp³-hybridized carbons (Fsp3) is 0.360.